The van der Waals surface area contributed by atoms with Gasteiger partial charge in [0.05, 0.1) is 12.8 Å². The molecule has 0 spiro atoms. The molecule has 4 nitrogen and oxygen atoms in total. The first-order chi connectivity index (χ1) is 7.69. The van der Waals surface area contributed by atoms with Crippen molar-refractivity contribution in [2.24, 2.45) is 0 Å². The third kappa shape index (κ3) is 2.30. The van der Waals surface area contributed by atoms with Gasteiger partial charge in [0.1, 0.15) is 5.82 Å². The largest absolute Gasteiger partial charge is 0.481 e. The number of pyridine rings is 1. The number of anilines is 2. The first-order valence-corrected chi connectivity index (χ1v) is 5.73. The van der Waals surface area contributed by atoms with Crippen LogP contribution in [0, 0.1) is 13.8 Å². The molecule has 2 aromatic rings. The van der Waals surface area contributed by atoms with Crippen LogP contribution in [0.5, 0.6) is 5.88 Å². The van der Waals surface area contributed by atoms with E-state index in [0.29, 0.717) is 5.88 Å². The molecular formula is C11H13N3OS. The molecule has 0 saturated carbocycles. The third-order valence-corrected chi connectivity index (χ3v) is 3.18. The summed E-state index contributed by atoms with van der Waals surface area (Å²) in [6, 6.07) is 5.58. The van der Waals surface area contributed by atoms with Crippen LogP contribution in [0.25, 0.3) is 0 Å². The molecule has 0 fully saturated rings. The number of ether oxygens (including phenoxy) is 1. The quantitative estimate of drug-likeness (QED) is 0.888. The van der Waals surface area contributed by atoms with Crippen molar-refractivity contribution in [3.05, 3.63) is 28.8 Å². The molecule has 1 N–H and O–H groups in total. The van der Waals surface area contributed by atoms with E-state index in [2.05, 4.69) is 22.2 Å². The fourth-order valence-electron chi connectivity index (χ4n) is 1.23. The topological polar surface area (TPSA) is 47.0 Å². The molecule has 0 atom stereocenters. The zero-order chi connectivity index (χ0) is 11.5. The molecule has 0 radical (unpaired) electrons. The summed E-state index contributed by atoms with van der Waals surface area (Å²) in [6.45, 7) is 4.05. The summed E-state index contributed by atoms with van der Waals surface area (Å²) >= 11 is 1.62. The molecule has 2 aromatic heterocycles. The number of thiazole rings is 1. The van der Waals surface area contributed by atoms with Crippen LogP contribution >= 0.6 is 11.3 Å². The Hall–Kier alpha value is -1.62. The van der Waals surface area contributed by atoms with E-state index in [9.17, 15) is 0 Å². The fraction of sp³-hybridized carbons (Fsp3) is 0.273. The molecule has 2 heterocycles. The summed E-state index contributed by atoms with van der Waals surface area (Å²) in [7, 11) is 1.60. The molecule has 0 aliphatic heterocycles. The average molecular weight is 235 g/mol. The predicted molar refractivity (Wildman–Crippen MR) is 65.7 cm³/mol. The first-order valence-electron chi connectivity index (χ1n) is 4.91. The van der Waals surface area contributed by atoms with Crippen LogP contribution in [0.15, 0.2) is 18.2 Å². The van der Waals surface area contributed by atoms with Gasteiger partial charge in [0.15, 0.2) is 5.13 Å². The van der Waals surface area contributed by atoms with Crippen molar-refractivity contribution in [2.45, 2.75) is 13.8 Å². The zero-order valence-electron chi connectivity index (χ0n) is 9.44. The molecule has 16 heavy (non-hydrogen) atoms. The minimum atomic E-state index is 0.593. The maximum atomic E-state index is 5.05. The van der Waals surface area contributed by atoms with Gasteiger partial charge in [0.25, 0.3) is 0 Å². The molecule has 0 unspecified atom stereocenters. The lowest BCUT2D eigenvalue weighted by Crippen LogP contribution is -1.94. The van der Waals surface area contributed by atoms with Crippen LogP contribution in [-0.2, 0) is 0 Å². The zero-order valence-corrected chi connectivity index (χ0v) is 10.3. The summed E-state index contributed by atoms with van der Waals surface area (Å²) < 4.78 is 5.05. The second-order valence-corrected chi connectivity index (χ2v) is 4.55. The van der Waals surface area contributed by atoms with Crippen molar-refractivity contribution in [1.29, 1.82) is 0 Å². The SMILES string of the molecule is COc1cccc(Nc2nc(C)c(C)s2)n1. The van der Waals surface area contributed by atoms with E-state index in [-0.39, 0.29) is 0 Å². The van der Waals surface area contributed by atoms with Gasteiger partial charge >= 0.3 is 0 Å². The average Bonchev–Trinajstić information content (AvgIpc) is 2.58. The Bertz CT molecular complexity index is 476. The lowest BCUT2D eigenvalue weighted by molar-refractivity contribution is 0.398. The van der Waals surface area contributed by atoms with Gasteiger partial charge in [0, 0.05) is 10.9 Å². The summed E-state index contributed by atoms with van der Waals surface area (Å²) in [6.07, 6.45) is 0. The van der Waals surface area contributed by atoms with Crippen LogP contribution in [0.3, 0.4) is 0 Å². The van der Waals surface area contributed by atoms with Crippen molar-refractivity contribution in [2.75, 3.05) is 12.4 Å². The molecule has 84 valence electrons. The van der Waals surface area contributed by atoms with Crippen LogP contribution in [0.1, 0.15) is 10.6 Å². The third-order valence-electron chi connectivity index (χ3n) is 2.20. The standard InChI is InChI=1S/C11H13N3OS/c1-7-8(2)16-11(12-7)14-9-5-4-6-10(13-9)15-3/h4-6H,1-3H3,(H,12,13,14). The van der Waals surface area contributed by atoms with Gasteiger partial charge in [-0.25, -0.2) is 4.98 Å². The smallest absolute Gasteiger partial charge is 0.214 e. The Kier molecular flexibility index (Phi) is 3.05. The van der Waals surface area contributed by atoms with E-state index >= 15 is 0 Å². The highest BCUT2D eigenvalue weighted by molar-refractivity contribution is 7.15. The number of aryl methyl sites for hydroxylation is 2. The predicted octanol–water partition coefficient (Wildman–Crippen LogP) is 2.91. The molecule has 2 rings (SSSR count). The van der Waals surface area contributed by atoms with Crippen molar-refractivity contribution in [1.82, 2.24) is 9.97 Å². The molecule has 5 heteroatoms. The van der Waals surface area contributed by atoms with Crippen LogP contribution in [0.2, 0.25) is 0 Å². The molecule has 0 saturated heterocycles. The van der Waals surface area contributed by atoms with Crippen molar-refractivity contribution in [3.8, 4) is 5.88 Å². The maximum Gasteiger partial charge on any atom is 0.214 e. The van der Waals surface area contributed by atoms with Gasteiger partial charge in [-0.15, -0.1) is 11.3 Å². The monoisotopic (exact) mass is 235 g/mol. The molecule has 0 aliphatic carbocycles. The molecule has 0 amide bonds. The van der Waals surface area contributed by atoms with E-state index < -0.39 is 0 Å². The van der Waals surface area contributed by atoms with Crippen molar-refractivity contribution >= 4 is 22.3 Å². The lowest BCUT2D eigenvalue weighted by Gasteiger charge is -2.03. The number of hydrogen-bond donors (Lipinski definition) is 1. The van der Waals surface area contributed by atoms with Crippen LogP contribution < -0.4 is 10.1 Å². The highest BCUT2D eigenvalue weighted by Crippen LogP contribution is 2.24. The summed E-state index contributed by atoms with van der Waals surface area (Å²) in [5, 5.41) is 4.01. The maximum absolute atomic E-state index is 5.05. The lowest BCUT2D eigenvalue weighted by atomic mass is 10.4. The second kappa shape index (κ2) is 4.49. The van der Waals surface area contributed by atoms with Crippen LogP contribution in [-0.4, -0.2) is 17.1 Å². The van der Waals surface area contributed by atoms with E-state index in [1.165, 1.54) is 4.88 Å². The van der Waals surface area contributed by atoms with Crippen molar-refractivity contribution in [3.63, 3.8) is 0 Å². The number of methoxy groups -OCH3 is 1. The highest BCUT2D eigenvalue weighted by Gasteiger charge is 2.04. The molecular weight excluding hydrogens is 222 g/mol. The Labute approximate surface area is 98.3 Å². The molecule has 0 bridgehead atoms. The first kappa shape index (κ1) is 10.9. The molecule has 0 aliphatic rings. The van der Waals surface area contributed by atoms with Crippen LogP contribution in [0.4, 0.5) is 10.9 Å². The van der Waals surface area contributed by atoms with Gasteiger partial charge in [-0.05, 0) is 19.9 Å². The number of rotatable bonds is 3. The highest BCUT2D eigenvalue weighted by atomic mass is 32.1. The van der Waals surface area contributed by atoms with E-state index in [4.69, 9.17) is 4.74 Å². The van der Waals surface area contributed by atoms with Gasteiger partial charge in [-0.3, -0.25) is 0 Å². The normalized spacial score (nSPS) is 10.2. The van der Waals surface area contributed by atoms with Gasteiger partial charge < -0.3 is 10.1 Å². The van der Waals surface area contributed by atoms with E-state index in [0.717, 1.165) is 16.6 Å². The number of hydrogen-bond acceptors (Lipinski definition) is 5. The number of nitrogens with zero attached hydrogens (tertiary/aromatic N) is 2. The Balaban J connectivity index is 2.20. The van der Waals surface area contributed by atoms with Gasteiger partial charge in [-0.2, -0.15) is 4.98 Å². The summed E-state index contributed by atoms with van der Waals surface area (Å²) in [4.78, 5) is 9.86. The van der Waals surface area contributed by atoms with Gasteiger partial charge in [-0.1, -0.05) is 6.07 Å². The molecule has 0 aromatic carbocycles. The van der Waals surface area contributed by atoms with Gasteiger partial charge in [0.2, 0.25) is 5.88 Å². The summed E-state index contributed by atoms with van der Waals surface area (Å²) in [5.74, 6) is 1.34. The van der Waals surface area contributed by atoms with Crippen molar-refractivity contribution < 1.29 is 4.74 Å². The van der Waals surface area contributed by atoms with E-state index in [1.54, 1.807) is 18.4 Å². The Morgan fingerprint density at radius 1 is 1.25 bits per heavy atom. The fourth-order valence-corrected chi connectivity index (χ4v) is 2.06. The Morgan fingerprint density at radius 2 is 2.06 bits per heavy atom. The number of nitrogens with one attached hydrogen (secondary N) is 1. The minimum Gasteiger partial charge on any atom is -0.481 e. The number of aromatic nitrogens is 2. The minimum absolute atomic E-state index is 0.593. The Morgan fingerprint density at radius 3 is 2.69 bits per heavy atom. The van der Waals surface area contributed by atoms with E-state index in [1.807, 2.05) is 25.1 Å². The second-order valence-electron chi connectivity index (χ2n) is 3.35. The summed E-state index contributed by atoms with van der Waals surface area (Å²) in [5.41, 5.74) is 1.05.